The molecule has 7 nitrogen and oxygen atoms in total. The Kier molecular flexibility index (Phi) is 16.2. The Morgan fingerprint density at radius 1 is 0.923 bits per heavy atom. The minimum Gasteiger partial charge on any atom is -0.480 e. The molecule has 0 aromatic rings. The van der Waals surface area contributed by atoms with Crippen molar-refractivity contribution in [1.82, 2.24) is 10.6 Å². The number of allylic oxidation sites excluding steroid dienone is 5. The highest BCUT2D eigenvalue weighted by Crippen LogP contribution is 2.27. The molecule has 0 aliphatic heterocycles. The summed E-state index contributed by atoms with van der Waals surface area (Å²) in [5.74, 6) is -0.650. The van der Waals surface area contributed by atoms with Gasteiger partial charge in [0.25, 0.3) is 0 Å². The number of rotatable bonds is 15. The number of carbonyl (C=O) groups is 3. The first-order valence-electron chi connectivity index (χ1n) is 14.3. The first-order chi connectivity index (χ1) is 18.3. The van der Waals surface area contributed by atoms with E-state index in [2.05, 4.69) is 56.6 Å². The monoisotopic (exact) mass is 564 g/mol. The van der Waals surface area contributed by atoms with E-state index < -0.39 is 35.7 Å². The third-order valence-electron chi connectivity index (χ3n) is 6.65. The zero-order valence-corrected chi connectivity index (χ0v) is 26.0. The van der Waals surface area contributed by atoms with Gasteiger partial charge in [-0.1, -0.05) is 54.2 Å². The number of thioether (sulfide) groups is 1. The Hall–Kier alpha value is -2.22. The average molecular weight is 565 g/mol. The summed E-state index contributed by atoms with van der Waals surface area (Å²) in [5, 5.41) is 15.2. The zero-order chi connectivity index (χ0) is 29.4. The van der Waals surface area contributed by atoms with Gasteiger partial charge in [0.2, 0.25) is 5.91 Å². The van der Waals surface area contributed by atoms with Crippen LogP contribution in [-0.4, -0.2) is 52.3 Å². The van der Waals surface area contributed by atoms with Crippen LogP contribution in [0.15, 0.2) is 34.9 Å². The number of carboxylic acid groups (broad SMARTS) is 1. The molecule has 222 valence electrons. The van der Waals surface area contributed by atoms with Crippen molar-refractivity contribution in [3.05, 3.63) is 34.9 Å². The van der Waals surface area contributed by atoms with E-state index in [9.17, 15) is 19.5 Å². The largest absolute Gasteiger partial charge is 0.480 e. The number of hydrogen-bond acceptors (Lipinski definition) is 5. The lowest BCUT2D eigenvalue weighted by Gasteiger charge is -2.31. The van der Waals surface area contributed by atoms with E-state index in [-0.39, 0.29) is 11.7 Å². The van der Waals surface area contributed by atoms with E-state index in [0.29, 0.717) is 5.75 Å². The van der Waals surface area contributed by atoms with Crippen molar-refractivity contribution in [3.8, 4) is 0 Å². The van der Waals surface area contributed by atoms with Gasteiger partial charge in [-0.3, -0.25) is 4.79 Å². The molecular formula is C31H52N2O5S. The molecule has 0 aromatic heterocycles. The average Bonchev–Trinajstić information content (AvgIpc) is 2.83. The number of aliphatic carboxylic acids is 1. The summed E-state index contributed by atoms with van der Waals surface area (Å²) in [7, 11) is 0. The van der Waals surface area contributed by atoms with Crippen molar-refractivity contribution in [3.63, 3.8) is 0 Å². The van der Waals surface area contributed by atoms with Crippen molar-refractivity contribution in [1.29, 1.82) is 0 Å². The summed E-state index contributed by atoms with van der Waals surface area (Å²) >= 11 is 1.48. The van der Waals surface area contributed by atoms with Crippen LogP contribution in [0.4, 0.5) is 4.79 Å². The molecule has 1 fully saturated rings. The molecule has 2 unspecified atom stereocenters. The molecule has 1 aliphatic carbocycles. The SMILES string of the molecule is CC(C)=CCCC(C)=CCCC(C)=CCSCC(NC(=O)C(NC(=O)OC(C)(C)C)C1CCCCC1)C(=O)O. The minimum absolute atomic E-state index is 0.0381. The lowest BCUT2D eigenvalue weighted by Crippen LogP contribution is -2.56. The van der Waals surface area contributed by atoms with Gasteiger partial charge in [0.05, 0.1) is 0 Å². The normalized spacial score (nSPS) is 16.7. The van der Waals surface area contributed by atoms with Crippen LogP contribution < -0.4 is 10.6 Å². The van der Waals surface area contributed by atoms with E-state index in [0.717, 1.165) is 57.8 Å². The van der Waals surface area contributed by atoms with E-state index >= 15 is 0 Å². The first-order valence-corrected chi connectivity index (χ1v) is 15.5. The Labute approximate surface area is 240 Å². The van der Waals surface area contributed by atoms with Gasteiger partial charge in [0, 0.05) is 11.5 Å². The Balaban J connectivity index is 2.62. The number of carboxylic acids is 1. The smallest absolute Gasteiger partial charge is 0.408 e. The van der Waals surface area contributed by atoms with Crippen LogP contribution >= 0.6 is 11.8 Å². The van der Waals surface area contributed by atoms with Gasteiger partial charge in [0.15, 0.2) is 0 Å². The van der Waals surface area contributed by atoms with E-state index in [1.165, 1.54) is 28.5 Å². The Bertz CT molecular complexity index is 878. The highest BCUT2D eigenvalue weighted by molar-refractivity contribution is 7.99. The molecule has 1 saturated carbocycles. The van der Waals surface area contributed by atoms with Crippen LogP contribution in [0, 0.1) is 5.92 Å². The fraction of sp³-hybridized carbons (Fsp3) is 0.710. The number of nitrogens with one attached hydrogen (secondary N) is 2. The molecule has 1 aliphatic rings. The van der Waals surface area contributed by atoms with Gasteiger partial charge in [0.1, 0.15) is 17.7 Å². The predicted molar refractivity (Wildman–Crippen MR) is 162 cm³/mol. The molecule has 0 saturated heterocycles. The maximum Gasteiger partial charge on any atom is 0.408 e. The van der Waals surface area contributed by atoms with Gasteiger partial charge in [-0.15, -0.1) is 0 Å². The predicted octanol–water partition coefficient (Wildman–Crippen LogP) is 7.18. The zero-order valence-electron chi connectivity index (χ0n) is 25.2. The van der Waals surface area contributed by atoms with Gasteiger partial charge in [-0.2, -0.15) is 11.8 Å². The van der Waals surface area contributed by atoms with Gasteiger partial charge < -0.3 is 20.5 Å². The molecule has 2 amide bonds. The second kappa shape index (κ2) is 18.2. The van der Waals surface area contributed by atoms with Crippen LogP contribution in [-0.2, 0) is 14.3 Å². The van der Waals surface area contributed by atoms with Gasteiger partial charge in [-0.05, 0) is 92.9 Å². The molecular weight excluding hydrogens is 512 g/mol. The van der Waals surface area contributed by atoms with E-state index in [1.54, 1.807) is 20.8 Å². The number of alkyl carbamates (subject to hydrolysis) is 1. The molecule has 0 radical (unpaired) electrons. The molecule has 0 bridgehead atoms. The lowest BCUT2D eigenvalue weighted by atomic mass is 9.83. The van der Waals surface area contributed by atoms with Crippen LogP contribution in [0.2, 0.25) is 0 Å². The topological polar surface area (TPSA) is 105 Å². The maximum absolute atomic E-state index is 13.2. The molecule has 8 heteroatoms. The highest BCUT2D eigenvalue weighted by atomic mass is 32.2. The number of amides is 2. The second-order valence-corrected chi connectivity index (χ2v) is 13.0. The van der Waals surface area contributed by atoms with Crippen LogP contribution in [0.1, 0.15) is 106 Å². The van der Waals surface area contributed by atoms with Crippen molar-refractivity contribution in [2.45, 2.75) is 124 Å². The summed E-state index contributed by atoms with van der Waals surface area (Å²) in [4.78, 5) is 37.6. The quantitative estimate of drug-likeness (QED) is 0.144. The van der Waals surface area contributed by atoms with Crippen molar-refractivity contribution in [2.75, 3.05) is 11.5 Å². The second-order valence-electron chi connectivity index (χ2n) is 11.9. The van der Waals surface area contributed by atoms with Gasteiger partial charge in [-0.25, -0.2) is 9.59 Å². The summed E-state index contributed by atoms with van der Waals surface area (Å²) in [6, 6.07) is -1.85. The van der Waals surface area contributed by atoms with E-state index in [1.807, 2.05) is 0 Å². The minimum atomic E-state index is -1.08. The Morgan fingerprint density at radius 3 is 2.08 bits per heavy atom. The molecule has 0 aromatic carbocycles. The summed E-state index contributed by atoms with van der Waals surface area (Å²) in [6.45, 7) is 13.8. The molecule has 0 spiro atoms. The van der Waals surface area contributed by atoms with Crippen LogP contribution in [0.3, 0.4) is 0 Å². The standard InChI is InChI=1S/C31H52N2O5S/c1-22(2)13-11-14-23(3)15-12-16-24(4)19-20-39-21-26(29(35)36)32-28(34)27(25-17-9-8-10-18-25)33-30(37)38-31(5,6)7/h13,15,19,25-27H,8-12,14,16-18,20-21H2,1-7H3,(H,32,34)(H,33,37)(H,35,36). The fourth-order valence-corrected chi connectivity index (χ4v) is 5.46. The van der Waals surface area contributed by atoms with Crippen molar-refractivity contribution < 1.29 is 24.2 Å². The molecule has 0 heterocycles. The molecule has 39 heavy (non-hydrogen) atoms. The summed E-state index contributed by atoms with van der Waals surface area (Å²) < 4.78 is 5.37. The van der Waals surface area contributed by atoms with Crippen LogP contribution in [0.5, 0.6) is 0 Å². The van der Waals surface area contributed by atoms with Crippen LogP contribution in [0.25, 0.3) is 0 Å². The number of hydrogen-bond donors (Lipinski definition) is 3. The number of carbonyl (C=O) groups excluding carboxylic acids is 2. The van der Waals surface area contributed by atoms with Crippen molar-refractivity contribution in [2.24, 2.45) is 5.92 Å². The third kappa shape index (κ3) is 16.5. The lowest BCUT2D eigenvalue weighted by molar-refractivity contribution is -0.141. The van der Waals surface area contributed by atoms with E-state index in [4.69, 9.17) is 4.74 Å². The summed E-state index contributed by atoms with van der Waals surface area (Å²) in [5.41, 5.74) is 3.34. The maximum atomic E-state index is 13.2. The van der Waals surface area contributed by atoms with Gasteiger partial charge >= 0.3 is 12.1 Å². The highest BCUT2D eigenvalue weighted by Gasteiger charge is 2.34. The third-order valence-corrected chi connectivity index (χ3v) is 7.62. The molecule has 2 atom stereocenters. The summed E-state index contributed by atoms with van der Waals surface area (Å²) in [6.07, 6.45) is 14.9. The Morgan fingerprint density at radius 2 is 1.51 bits per heavy atom. The molecule has 3 N–H and O–H groups in total. The van der Waals surface area contributed by atoms with Crippen molar-refractivity contribution >= 4 is 29.7 Å². The number of ether oxygens (including phenoxy) is 1. The molecule has 1 rings (SSSR count). The fourth-order valence-electron chi connectivity index (χ4n) is 4.46. The first kappa shape index (κ1) is 34.8.